The van der Waals surface area contributed by atoms with E-state index in [1.807, 2.05) is 109 Å². The minimum Gasteiger partial charge on any atom is -0.481 e. The predicted octanol–water partition coefficient (Wildman–Crippen LogP) is 6.51. The maximum Gasteiger partial charge on any atom is 0.407 e. The highest BCUT2D eigenvalue weighted by Gasteiger charge is 2.30. The summed E-state index contributed by atoms with van der Waals surface area (Å²) in [5.74, 6) is -1.18. The number of alkyl carbamates (subject to hydrolysis) is 1. The number of nitrogens with one attached hydrogen (secondary N) is 2. The van der Waals surface area contributed by atoms with Crippen LogP contribution in [-0.4, -0.2) is 42.3 Å². The van der Waals surface area contributed by atoms with Crippen molar-refractivity contribution in [2.24, 2.45) is 0 Å². The van der Waals surface area contributed by atoms with Crippen LogP contribution >= 0.6 is 0 Å². The molecule has 0 aromatic heterocycles. The number of aliphatic carboxylic acids is 1. The molecule has 1 unspecified atom stereocenters. The number of carbonyl (C=O) groups is 3. The van der Waals surface area contributed by atoms with Crippen LogP contribution in [0.1, 0.15) is 39.8 Å². The van der Waals surface area contributed by atoms with E-state index in [4.69, 9.17) is 9.47 Å². The minimum absolute atomic E-state index is 0.0262. The van der Waals surface area contributed by atoms with Crippen LogP contribution in [0.2, 0.25) is 0 Å². The summed E-state index contributed by atoms with van der Waals surface area (Å²) in [5.41, 5.74) is 7.04. The first-order valence-corrected chi connectivity index (χ1v) is 15.4. The van der Waals surface area contributed by atoms with Gasteiger partial charge >= 0.3 is 12.1 Å². The topological polar surface area (TPSA) is 114 Å². The Kier molecular flexibility index (Phi) is 9.58. The Labute approximate surface area is 273 Å². The Hall–Kier alpha value is -5.89. The summed E-state index contributed by atoms with van der Waals surface area (Å²) in [7, 11) is 0. The Balaban J connectivity index is 1.00. The van der Waals surface area contributed by atoms with Crippen molar-refractivity contribution in [2.45, 2.75) is 24.5 Å². The third-order valence-electron chi connectivity index (χ3n) is 8.18. The number of benzene rings is 5. The van der Waals surface area contributed by atoms with Crippen LogP contribution < -0.4 is 15.4 Å². The van der Waals surface area contributed by atoms with Crippen molar-refractivity contribution in [2.75, 3.05) is 13.2 Å². The van der Waals surface area contributed by atoms with E-state index in [0.717, 1.165) is 38.9 Å². The summed E-state index contributed by atoms with van der Waals surface area (Å²) in [5, 5.41) is 14.7. The molecule has 5 aromatic carbocycles. The lowest BCUT2D eigenvalue weighted by atomic mass is 9.98. The highest BCUT2D eigenvalue weighted by Crippen LogP contribution is 2.44. The summed E-state index contributed by atoms with van der Waals surface area (Å²) in [6, 6.07) is 41.6. The lowest BCUT2D eigenvalue weighted by Gasteiger charge is -2.20. The molecule has 236 valence electrons. The molecule has 1 aliphatic rings. The molecule has 2 amide bonds. The number of amides is 2. The number of carboxylic acid groups (broad SMARTS) is 1. The second kappa shape index (κ2) is 14.5. The molecule has 47 heavy (non-hydrogen) atoms. The summed E-state index contributed by atoms with van der Waals surface area (Å²) < 4.78 is 11.8. The van der Waals surface area contributed by atoms with Crippen molar-refractivity contribution in [3.05, 3.63) is 161 Å². The van der Waals surface area contributed by atoms with Gasteiger partial charge in [-0.2, -0.15) is 0 Å². The van der Waals surface area contributed by atoms with Crippen molar-refractivity contribution in [3.8, 4) is 16.9 Å². The van der Waals surface area contributed by atoms with Crippen LogP contribution in [0.3, 0.4) is 0 Å². The van der Waals surface area contributed by atoms with Gasteiger partial charge in [0.25, 0.3) is 0 Å². The van der Waals surface area contributed by atoms with E-state index in [1.54, 1.807) is 24.3 Å². The molecular weight excluding hydrogens is 592 g/mol. The standard InChI is InChI=1S/C39H34N2O6/c42-36(23-26-19-21-29(22-20-26)47-37(27-11-3-1-4-12-27)28-13-5-2-6-14-28)40-24-35(38(43)44)41-39(45)46-25-34-32-17-9-7-15-30(32)31-16-8-10-18-33(31)34/h1-22,34-35,37H,23-25H2,(H,40,42)(H,41,45)(H,43,44). The number of hydrogen-bond acceptors (Lipinski definition) is 5. The second-order valence-corrected chi connectivity index (χ2v) is 11.3. The van der Waals surface area contributed by atoms with E-state index in [-0.39, 0.29) is 37.5 Å². The number of ether oxygens (including phenoxy) is 2. The van der Waals surface area contributed by atoms with Gasteiger partial charge in [-0.3, -0.25) is 4.79 Å². The van der Waals surface area contributed by atoms with Gasteiger partial charge < -0.3 is 25.2 Å². The lowest BCUT2D eigenvalue weighted by Crippen LogP contribution is -2.49. The van der Waals surface area contributed by atoms with E-state index in [1.165, 1.54) is 0 Å². The Morgan fingerprint density at radius 3 is 1.77 bits per heavy atom. The third kappa shape index (κ3) is 7.50. The van der Waals surface area contributed by atoms with Crippen molar-refractivity contribution >= 4 is 18.0 Å². The molecular formula is C39H34N2O6. The molecule has 0 fully saturated rings. The fourth-order valence-electron chi connectivity index (χ4n) is 5.85. The molecule has 1 atom stereocenters. The molecule has 5 aromatic rings. The van der Waals surface area contributed by atoms with E-state index < -0.39 is 18.1 Å². The number of fused-ring (bicyclic) bond motifs is 3. The average molecular weight is 627 g/mol. The Morgan fingerprint density at radius 2 is 1.21 bits per heavy atom. The molecule has 0 spiro atoms. The molecule has 6 rings (SSSR count). The van der Waals surface area contributed by atoms with Crippen LogP contribution in [0.4, 0.5) is 4.79 Å². The first-order chi connectivity index (χ1) is 23.0. The Bertz CT molecular complexity index is 1760. The second-order valence-electron chi connectivity index (χ2n) is 11.3. The maximum absolute atomic E-state index is 12.7. The molecule has 0 saturated heterocycles. The summed E-state index contributed by atoms with van der Waals surface area (Å²) in [6.45, 7) is -0.245. The third-order valence-corrected chi connectivity index (χ3v) is 8.18. The lowest BCUT2D eigenvalue weighted by molar-refractivity contribution is -0.139. The first kappa shape index (κ1) is 31.1. The quantitative estimate of drug-likeness (QED) is 0.146. The molecule has 1 aliphatic carbocycles. The van der Waals surface area contributed by atoms with Crippen LogP contribution in [0, 0.1) is 0 Å². The highest BCUT2D eigenvalue weighted by atomic mass is 16.5. The van der Waals surface area contributed by atoms with Crippen LogP contribution in [0.25, 0.3) is 11.1 Å². The first-order valence-electron chi connectivity index (χ1n) is 15.4. The highest BCUT2D eigenvalue weighted by molar-refractivity contribution is 5.83. The SMILES string of the molecule is O=C(Cc1ccc(OC(c2ccccc2)c2ccccc2)cc1)NCC(NC(=O)OCC1c2ccccc2-c2ccccc21)C(=O)O. The van der Waals surface area contributed by atoms with Crippen LogP contribution in [-0.2, 0) is 20.7 Å². The zero-order valence-corrected chi connectivity index (χ0v) is 25.5. The zero-order chi connectivity index (χ0) is 32.6. The fourth-order valence-corrected chi connectivity index (χ4v) is 5.85. The molecule has 0 bridgehead atoms. The monoisotopic (exact) mass is 626 g/mol. The zero-order valence-electron chi connectivity index (χ0n) is 25.5. The van der Waals surface area contributed by atoms with Crippen molar-refractivity contribution in [1.82, 2.24) is 10.6 Å². The predicted molar refractivity (Wildman–Crippen MR) is 178 cm³/mol. The number of carbonyl (C=O) groups excluding carboxylic acids is 2. The average Bonchev–Trinajstić information content (AvgIpc) is 3.43. The van der Waals surface area contributed by atoms with Gasteiger partial charge in [0.1, 0.15) is 24.5 Å². The van der Waals surface area contributed by atoms with Crippen molar-refractivity contribution in [3.63, 3.8) is 0 Å². The molecule has 8 heteroatoms. The van der Waals surface area contributed by atoms with Gasteiger partial charge in [-0.15, -0.1) is 0 Å². The largest absolute Gasteiger partial charge is 0.481 e. The minimum atomic E-state index is -1.36. The van der Waals surface area contributed by atoms with Crippen LogP contribution in [0.5, 0.6) is 5.75 Å². The summed E-state index contributed by atoms with van der Waals surface area (Å²) >= 11 is 0. The van der Waals surface area contributed by atoms with Crippen molar-refractivity contribution in [1.29, 1.82) is 0 Å². The van der Waals surface area contributed by atoms with E-state index in [9.17, 15) is 19.5 Å². The van der Waals surface area contributed by atoms with E-state index in [0.29, 0.717) is 5.75 Å². The maximum atomic E-state index is 12.7. The van der Waals surface area contributed by atoms with Gasteiger partial charge in [0.2, 0.25) is 5.91 Å². The number of rotatable bonds is 12. The van der Waals surface area contributed by atoms with Gasteiger partial charge in [0.15, 0.2) is 0 Å². The van der Waals surface area contributed by atoms with Gasteiger partial charge in [-0.1, -0.05) is 121 Å². The molecule has 0 aliphatic heterocycles. The van der Waals surface area contributed by atoms with Gasteiger partial charge in [0.05, 0.1) is 6.42 Å². The van der Waals surface area contributed by atoms with Crippen LogP contribution in [0.15, 0.2) is 133 Å². The molecule has 0 radical (unpaired) electrons. The molecule has 8 nitrogen and oxygen atoms in total. The number of hydrogen-bond donors (Lipinski definition) is 3. The number of carboxylic acids is 1. The van der Waals surface area contributed by atoms with Gasteiger partial charge in [0, 0.05) is 12.5 Å². The van der Waals surface area contributed by atoms with E-state index >= 15 is 0 Å². The molecule has 3 N–H and O–H groups in total. The Morgan fingerprint density at radius 1 is 0.681 bits per heavy atom. The summed E-state index contributed by atoms with van der Waals surface area (Å²) in [4.78, 5) is 37.2. The fraction of sp³-hybridized carbons (Fsp3) is 0.154. The summed E-state index contributed by atoms with van der Waals surface area (Å²) in [6.07, 6.45) is -1.14. The van der Waals surface area contributed by atoms with Crippen molar-refractivity contribution < 1.29 is 29.0 Å². The molecule has 0 heterocycles. The van der Waals surface area contributed by atoms with E-state index in [2.05, 4.69) is 10.6 Å². The van der Waals surface area contributed by atoms with Gasteiger partial charge in [-0.05, 0) is 51.1 Å². The smallest absolute Gasteiger partial charge is 0.407 e. The normalized spacial score (nSPS) is 12.4. The van der Waals surface area contributed by atoms with Gasteiger partial charge in [-0.25, -0.2) is 9.59 Å². The molecule has 0 saturated carbocycles.